The quantitative estimate of drug-likeness (QED) is 0.357. The van der Waals surface area contributed by atoms with Crippen molar-refractivity contribution >= 4 is 0 Å². The maximum absolute atomic E-state index is 6.44. The minimum atomic E-state index is -0.756. The van der Waals surface area contributed by atoms with Gasteiger partial charge in [0.05, 0.1) is 26.9 Å². The summed E-state index contributed by atoms with van der Waals surface area (Å²) < 4.78 is 43.2. The predicted octanol–water partition coefficient (Wildman–Crippen LogP) is 5.07. The van der Waals surface area contributed by atoms with Gasteiger partial charge in [-0.2, -0.15) is 0 Å². The molecule has 0 amide bonds. The number of fused-ring (bicyclic) bond motifs is 1. The van der Waals surface area contributed by atoms with Crippen LogP contribution in [0.15, 0.2) is 97.6 Å². The van der Waals surface area contributed by atoms with E-state index in [0.29, 0.717) is 25.6 Å². The van der Waals surface area contributed by atoms with Gasteiger partial charge in [-0.1, -0.05) is 66.7 Å². The Morgan fingerprint density at radius 1 is 0.838 bits per heavy atom. The van der Waals surface area contributed by atoms with Crippen LogP contribution in [0, 0.1) is 0 Å². The second-order valence-electron chi connectivity index (χ2n) is 8.86. The standard InChI is InChI=1S/C30H32O7/c1-3-18-32-27-26-25(20-34-29(37-26)22-12-8-5-9-13-22)36-30(35-24-16-14-23(31-2)15-17-24)28(27)33-19-21-10-6-4-7-11-21/h3-17,25-30H,1,18-20H2,2H3/t25-,26+,27+,28-,29-,30-/m1/s1. The average molecular weight is 505 g/mol. The second kappa shape index (κ2) is 12.4. The van der Waals surface area contributed by atoms with Crippen LogP contribution in [-0.4, -0.2) is 51.0 Å². The minimum absolute atomic E-state index is 0.325. The molecule has 7 nitrogen and oxygen atoms in total. The highest BCUT2D eigenvalue weighted by molar-refractivity contribution is 5.31. The summed E-state index contributed by atoms with van der Waals surface area (Å²) in [7, 11) is 1.63. The molecule has 0 bridgehead atoms. The first-order chi connectivity index (χ1) is 18.2. The molecular formula is C30H32O7. The van der Waals surface area contributed by atoms with Gasteiger partial charge in [-0.3, -0.25) is 0 Å². The Bertz CT molecular complexity index is 1110. The molecule has 0 aromatic heterocycles. The van der Waals surface area contributed by atoms with Crippen molar-refractivity contribution in [3.63, 3.8) is 0 Å². The lowest BCUT2D eigenvalue weighted by atomic mass is 9.97. The Balaban J connectivity index is 1.41. The van der Waals surface area contributed by atoms with Gasteiger partial charge >= 0.3 is 0 Å². The highest BCUT2D eigenvalue weighted by Crippen LogP contribution is 2.37. The third-order valence-electron chi connectivity index (χ3n) is 6.36. The smallest absolute Gasteiger partial charge is 0.229 e. The predicted molar refractivity (Wildman–Crippen MR) is 137 cm³/mol. The maximum Gasteiger partial charge on any atom is 0.229 e. The number of hydrogen-bond donors (Lipinski definition) is 0. The van der Waals surface area contributed by atoms with E-state index in [1.165, 1.54) is 0 Å². The zero-order valence-corrected chi connectivity index (χ0v) is 20.8. The van der Waals surface area contributed by atoms with Gasteiger partial charge < -0.3 is 33.2 Å². The summed E-state index contributed by atoms with van der Waals surface area (Å²) >= 11 is 0. The van der Waals surface area contributed by atoms with Gasteiger partial charge in [-0.05, 0) is 29.8 Å². The molecule has 194 valence electrons. The van der Waals surface area contributed by atoms with Crippen LogP contribution in [0.2, 0.25) is 0 Å². The summed E-state index contributed by atoms with van der Waals surface area (Å²) in [6.45, 7) is 4.84. The number of methoxy groups -OCH3 is 1. The number of hydrogen-bond acceptors (Lipinski definition) is 7. The molecule has 2 fully saturated rings. The zero-order valence-electron chi connectivity index (χ0n) is 20.8. The topological polar surface area (TPSA) is 64.6 Å². The molecule has 7 heteroatoms. The molecule has 37 heavy (non-hydrogen) atoms. The molecule has 0 spiro atoms. The summed E-state index contributed by atoms with van der Waals surface area (Å²) in [6.07, 6.45) is -1.49. The lowest BCUT2D eigenvalue weighted by Gasteiger charge is -2.48. The van der Waals surface area contributed by atoms with Crippen LogP contribution in [0.5, 0.6) is 11.5 Å². The fraction of sp³-hybridized carbons (Fsp3) is 0.333. The fourth-order valence-electron chi connectivity index (χ4n) is 4.52. The van der Waals surface area contributed by atoms with Crippen molar-refractivity contribution in [2.45, 2.75) is 43.6 Å². The normalized spacial score (nSPS) is 27.2. The van der Waals surface area contributed by atoms with E-state index in [2.05, 4.69) is 6.58 Å². The van der Waals surface area contributed by atoms with Gasteiger partial charge in [-0.25, -0.2) is 0 Å². The molecule has 0 aliphatic carbocycles. The van der Waals surface area contributed by atoms with Gasteiger partial charge in [0.15, 0.2) is 6.29 Å². The van der Waals surface area contributed by atoms with Crippen molar-refractivity contribution in [3.8, 4) is 11.5 Å². The van der Waals surface area contributed by atoms with Crippen molar-refractivity contribution in [1.82, 2.24) is 0 Å². The molecule has 0 radical (unpaired) electrons. The van der Waals surface area contributed by atoms with Crippen molar-refractivity contribution in [2.75, 3.05) is 20.3 Å². The van der Waals surface area contributed by atoms with Crippen molar-refractivity contribution in [2.24, 2.45) is 0 Å². The Morgan fingerprint density at radius 3 is 2.24 bits per heavy atom. The summed E-state index contributed by atoms with van der Waals surface area (Å²) in [6, 6.07) is 27.2. The summed E-state index contributed by atoms with van der Waals surface area (Å²) in [5, 5.41) is 0. The Kier molecular flexibility index (Phi) is 8.50. The Labute approximate surface area is 217 Å². The van der Waals surface area contributed by atoms with E-state index < -0.39 is 37.0 Å². The zero-order chi connectivity index (χ0) is 25.5. The van der Waals surface area contributed by atoms with Crippen LogP contribution in [0.25, 0.3) is 0 Å². The van der Waals surface area contributed by atoms with E-state index in [1.807, 2.05) is 84.9 Å². The van der Waals surface area contributed by atoms with Gasteiger partial charge in [0.25, 0.3) is 0 Å². The lowest BCUT2D eigenvalue weighted by molar-refractivity contribution is -0.359. The highest BCUT2D eigenvalue weighted by Gasteiger charge is 2.52. The largest absolute Gasteiger partial charge is 0.497 e. The molecule has 2 saturated heterocycles. The van der Waals surface area contributed by atoms with Crippen molar-refractivity contribution < 1.29 is 33.2 Å². The van der Waals surface area contributed by atoms with E-state index in [0.717, 1.165) is 16.9 Å². The lowest BCUT2D eigenvalue weighted by Crippen LogP contribution is -2.64. The summed E-state index contributed by atoms with van der Waals surface area (Å²) in [5.41, 5.74) is 1.96. The number of ether oxygens (including phenoxy) is 7. The van der Waals surface area contributed by atoms with Gasteiger partial charge in [0.1, 0.15) is 35.9 Å². The first-order valence-electron chi connectivity index (χ1n) is 12.4. The van der Waals surface area contributed by atoms with Crippen LogP contribution < -0.4 is 9.47 Å². The van der Waals surface area contributed by atoms with E-state index in [1.54, 1.807) is 13.2 Å². The number of rotatable bonds is 10. The van der Waals surface area contributed by atoms with Crippen LogP contribution in [-0.2, 0) is 30.3 Å². The van der Waals surface area contributed by atoms with Crippen molar-refractivity contribution in [1.29, 1.82) is 0 Å². The first kappa shape index (κ1) is 25.4. The third kappa shape index (κ3) is 6.21. The molecule has 6 atom stereocenters. The highest BCUT2D eigenvalue weighted by atomic mass is 16.8. The Morgan fingerprint density at radius 2 is 1.54 bits per heavy atom. The van der Waals surface area contributed by atoms with Crippen LogP contribution in [0.1, 0.15) is 17.4 Å². The summed E-state index contributed by atoms with van der Waals surface area (Å²) in [4.78, 5) is 0. The molecule has 0 N–H and O–H groups in total. The van der Waals surface area contributed by atoms with Crippen LogP contribution in [0.4, 0.5) is 0 Å². The number of benzene rings is 3. The van der Waals surface area contributed by atoms with E-state index in [9.17, 15) is 0 Å². The molecule has 0 unspecified atom stereocenters. The van der Waals surface area contributed by atoms with Gasteiger partial charge in [0, 0.05) is 5.56 Å². The van der Waals surface area contributed by atoms with E-state index in [-0.39, 0.29) is 0 Å². The van der Waals surface area contributed by atoms with Crippen LogP contribution >= 0.6 is 0 Å². The summed E-state index contributed by atoms with van der Waals surface area (Å²) in [5.74, 6) is 1.36. The van der Waals surface area contributed by atoms with Crippen LogP contribution in [0.3, 0.4) is 0 Å². The van der Waals surface area contributed by atoms with Crippen molar-refractivity contribution in [3.05, 3.63) is 109 Å². The maximum atomic E-state index is 6.44. The molecule has 2 aliphatic rings. The average Bonchev–Trinajstić information content (AvgIpc) is 2.96. The third-order valence-corrected chi connectivity index (χ3v) is 6.36. The molecule has 5 rings (SSSR count). The Hall–Kier alpha value is -3.20. The van der Waals surface area contributed by atoms with E-state index in [4.69, 9.17) is 33.2 Å². The minimum Gasteiger partial charge on any atom is -0.497 e. The molecule has 2 heterocycles. The molecular weight excluding hydrogens is 472 g/mol. The fourth-order valence-corrected chi connectivity index (χ4v) is 4.52. The second-order valence-corrected chi connectivity index (χ2v) is 8.86. The SMILES string of the molecule is C=CCO[C@H]1[C@H]2O[C@H](c3ccccc3)OC[C@H]2O[C@@H](Oc2ccc(OC)cc2)[C@@H]1OCc1ccccc1. The molecule has 2 aliphatic heterocycles. The molecule has 0 saturated carbocycles. The van der Waals surface area contributed by atoms with Gasteiger partial charge in [0.2, 0.25) is 6.29 Å². The monoisotopic (exact) mass is 504 g/mol. The first-order valence-corrected chi connectivity index (χ1v) is 12.4. The van der Waals surface area contributed by atoms with Gasteiger partial charge in [-0.15, -0.1) is 6.58 Å². The van der Waals surface area contributed by atoms with E-state index >= 15 is 0 Å². The molecule has 3 aromatic carbocycles. The molecule has 3 aromatic rings.